The van der Waals surface area contributed by atoms with E-state index in [2.05, 4.69) is 4.98 Å². The van der Waals surface area contributed by atoms with Crippen molar-refractivity contribution in [1.82, 2.24) is 9.29 Å². The summed E-state index contributed by atoms with van der Waals surface area (Å²) in [5, 5.41) is 9.91. The molecule has 0 bridgehead atoms. The van der Waals surface area contributed by atoms with Crippen molar-refractivity contribution < 1.29 is 18.3 Å². The minimum atomic E-state index is -3.18. The van der Waals surface area contributed by atoms with Crippen LogP contribution >= 0.6 is 11.3 Å². The molecule has 22 heavy (non-hydrogen) atoms. The normalized spacial score (nSPS) is 18.0. The average molecular weight is 346 g/mol. The molecule has 2 rings (SSSR count). The van der Waals surface area contributed by atoms with Gasteiger partial charge in [0.1, 0.15) is 4.88 Å². The Bertz CT molecular complexity index is 644. The highest BCUT2D eigenvalue weighted by molar-refractivity contribution is 7.89. The second-order valence-electron chi connectivity index (χ2n) is 6.12. The molecule has 1 fully saturated rings. The number of thiazole rings is 1. The van der Waals surface area contributed by atoms with Crippen LogP contribution in [0.2, 0.25) is 0 Å². The van der Waals surface area contributed by atoms with Crippen molar-refractivity contribution in [2.75, 3.05) is 18.8 Å². The second kappa shape index (κ2) is 6.64. The van der Waals surface area contributed by atoms with Gasteiger partial charge in [0, 0.05) is 19.0 Å². The zero-order valence-corrected chi connectivity index (χ0v) is 14.7. The number of carbonyl (C=O) groups is 1. The van der Waals surface area contributed by atoms with Gasteiger partial charge in [-0.1, -0.05) is 13.8 Å². The third-order valence-corrected chi connectivity index (χ3v) is 7.30. The first-order valence-corrected chi connectivity index (χ1v) is 9.81. The van der Waals surface area contributed by atoms with E-state index in [0.29, 0.717) is 31.6 Å². The van der Waals surface area contributed by atoms with Crippen LogP contribution in [0.5, 0.6) is 0 Å². The maximum absolute atomic E-state index is 12.2. The summed E-state index contributed by atoms with van der Waals surface area (Å²) in [5.41, 5.74) is 0.544. The number of hydrogen-bond donors (Lipinski definition) is 1. The van der Waals surface area contributed by atoms with Crippen molar-refractivity contribution in [3.8, 4) is 0 Å². The maximum atomic E-state index is 12.2. The molecule has 0 unspecified atom stereocenters. The molecule has 1 aromatic heterocycles. The molecule has 1 saturated heterocycles. The Kier molecular flexibility index (Phi) is 5.24. The fourth-order valence-electron chi connectivity index (χ4n) is 2.70. The van der Waals surface area contributed by atoms with Gasteiger partial charge in [0.15, 0.2) is 0 Å². The van der Waals surface area contributed by atoms with Crippen molar-refractivity contribution in [3.63, 3.8) is 0 Å². The molecule has 6 nitrogen and oxygen atoms in total. The van der Waals surface area contributed by atoms with Crippen molar-refractivity contribution in [1.29, 1.82) is 0 Å². The first-order chi connectivity index (χ1) is 10.2. The molecule has 0 amide bonds. The molecule has 0 radical (unpaired) electrons. The standard InChI is InChI=1S/C14H22N2O4S2/c1-9(2)8-22(19,20)16-6-4-11(5-7-16)13-15-10(3)12(21-13)14(17)18/h9,11H,4-8H2,1-3H3,(H,17,18). The molecule has 0 saturated carbocycles. The highest BCUT2D eigenvalue weighted by Gasteiger charge is 2.31. The average Bonchev–Trinajstić information content (AvgIpc) is 2.80. The predicted octanol–water partition coefficient (Wildman–Crippen LogP) is 2.31. The lowest BCUT2D eigenvalue weighted by molar-refractivity contribution is 0.0701. The van der Waals surface area contributed by atoms with Gasteiger partial charge in [-0.25, -0.2) is 22.5 Å². The molecule has 8 heteroatoms. The van der Waals surface area contributed by atoms with Crippen LogP contribution in [0.15, 0.2) is 0 Å². The Labute approximate surface area is 135 Å². The topological polar surface area (TPSA) is 87.6 Å². The van der Waals surface area contributed by atoms with Crippen LogP contribution in [0.4, 0.5) is 0 Å². The number of aromatic nitrogens is 1. The van der Waals surface area contributed by atoms with E-state index in [9.17, 15) is 13.2 Å². The summed E-state index contributed by atoms with van der Waals surface area (Å²) in [5.74, 6) is -0.500. The van der Waals surface area contributed by atoms with Crippen molar-refractivity contribution in [2.45, 2.75) is 39.5 Å². The molecular weight excluding hydrogens is 324 g/mol. The fraction of sp³-hybridized carbons (Fsp3) is 0.714. The Morgan fingerprint density at radius 2 is 2.00 bits per heavy atom. The summed E-state index contributed by atoms with van der Waals surface area (Å²) in [6.07, 6.45) is 1.40. The van der Waals surface area contributed by atoms with Crippen LogP contribution in [0.1, 0.15) is 53.0 Å². The van der Waals surface area contributed by atoms with E-state index in [1.165, 1.54) is 11.3 Å². The Balaban J connectivity index is 2.03. The van der Waals surface area contributed by atoms with Gasteiger partial charge in [0.05, 0.1) is 16.5 Å². The van der Waals surface area contributed by atoms with Crippen molar-refractivity contribution in [2.24, 2.45) is 5.92 Å². The van der Waals surface area contributed by atoms with Gasteiger partial charge in [0.2, 0.25) is 10.0 Å². The fourth-order valence-corrected chi connectivity index (χ4v) is 5.59. The lowest BCUT2D eigenvalue weighted by Crippen LogP contribution is -2.40. The predicted molar refractivity (Wildman–Crippen MR) is 86.0 cm³/mol. The Morgan fingerprint density at radius 1 is 1.41 bits per heavy atom. The quantitative estimate of drug-likeness (QED) is 0.884. The first kappa shape index (κ1) is 17.4. The minimum absolute atomic E-state index is 0.113. The third kappa shape index (κ3) is 3.85. The largest absolute Gasteiger partial charge is 0.477 e. The number of piperidine rings is 1. The van der Waals surface area contributed by atoms with Crippen LogP contribution in [-0.2, 0) is 10.0 Å². The van der Waals surface area contributed by atoms with E-state index >= 15 is 0 Å². The number of carboxylic acids is 1. The highest BCUT2D eigenvalue weighted by atomic mass is 32.2. The van der Waals surface area contributed by atoms with E-state index in [1.807, 2.05) is 13.8 Å². The summed E-state index contributed by atoms with van der Waals surface area (Å²) in [7, 11) is -3.18. The van der Waals surface area contributed by atoms with Gasteiger partial charge in [-0.3, -0.25) is 0 Å². The van der Waals surface area contributed by atoms with Gasteiger partial charge in [0.25, 0.3) is 0 Å². The third-order valence-electron chi connectivity index (χ3n) is 3.75. The van der Waals surface area contributed by atoms with Gasteiger partial charge in [-0.2, -0.15) is 0 Å². The van der Waals surface area contributed by atoms with Gasteiger partial charge in [-0.15, -0.1) is 11.3 Å². The van der Waals surface area contributed by atoms with Crippen LogP contribution in [0.25, 0.3) is 0 Å². The van der Waals surface area contributed by atoms with E-state index < -0.39 is 16.0 Å². The van der Waals surface area contributed by atoms with Crippen LogP contribution in [0.3, 0.4) is 0 Å². The zero-order valence-electron chi connectivity index (χ0n) is 13.1. The molecule has 2 heterocycles. The number of nitrogens with zero attached hydrogens (tertiary/aromatic N) is 2. The monoisotopic (exact) mass is 346 g/mol. The number of rotatable bonds is 5. The molecule has 0 aromatic carbocycles. The summed E-state index contributed by atoms with van der Waals surface area (Å²) in [4.78, 5) is 15.7. The highest BCUT2D eigenvalue weighted by Crippen LogP contribution is 2.33. The summed E-state index contributed by atoms with van der Waals surface area (Å²) >= 11 is 1.21. The van der Waals surface area contributed by atoms with E-state index in [-0.39, 0.29) is 22.5 Å². The maximum Gasteiger partial charge on any atom is 0.347 e. The van der Waals surface area contributed by atoms with Crippen molar-refractivity contribution in [3.05, 3.63) is 15.6 Å². The summed E-state index contributed by atoms with van der Waals surface area (Å²) in [6, 6.07) is 0. The number of sulfonamides is 1. The number of hydrogen-bond acceptors (Lipinski definition) is 5. The van der Waals surface area contributed by atoms with E-state index in [0.717, 1.165) is 5.01 Å². The summed E-state index contributed by atoms with van der Waals surface area (Å²) in [6.45, 7) is 6.47. The zero-order chi connectivity index (χ0) is 16.5. The lowest BCUT2D eigenvalue weighted by atomic mass is 9.99. The second-order valence-corrected chi connectivity index (χ2v) is 9.16. The summed E-state index contributed by atoms with van der Waals surface area (Å²) < 4.78 is 26.0. The molecule has 124 valence electrons. The van der Waals surface area contributed by atoms with Gasteiger partial charge >= 0.3 is 5.97 Å². The SMILES string of the molecule is Cc1nc(C2CCN(S(=O)(=O)CC(C)C)CC2)sc1C(=O)O. The molecule has 1 aliphatic rings. The molecule has 0 atom stereocenters. The molecule has 1 N–H and O–H groups in total. The van der Waals surface area contributed by atoms with Crippen LogP contribution in [0, 0.1) is 12.8 Å². The lowest BCUT2D eigenvalue weighted by Gasteiger charge is -2.30. The van der Waals surface area contributed by atoms with Gasteiger partial charge in [-0.05, 0) is 25.7 Å². The Morgan fingerprint density at radius 3 is 2.45 bits per heavy atom. The molecule has 0 spiro atoms. The number of aryl methyl sites for hydroxylation is 1. The van der Waals surface area contributed by atoms with Crippen LogP contribution < -0.4 is 0 Å². The van der Waals surface area contributed by atoms with Crippen molar-refractivity contribution >= 4 is 27.3 Å². The van der Waals surface area contributed by atoms with Gasteiger partial charge < -0.3 is 5.11 Å². The number of carboxylic acid groups (broad SMARTS) is 1. The molecule has 1 aliphatic heterocycles. The van der Waals surface area contributed by atoms with E-state index in [4.69, 9.17) is 5.11 Å². The Hall–Kier alpha value is -0.990. The molecule has 0 aliphatic carbocycles. The minimum Gasteiger partial charge on any atom is -0.477 e. The van der Waals surface area contributed by atoms with E-state index in [1.54, 1.807) is 11.2 Å². The first-order valence-electron chi connectivity index (χ1n) is 7.39. The molecular formula is C14H22N2O4S2. The number of aromatic carboxylic acids is 1. The van der Waals surface area contributed by atoms with Crippen LogP contribution in [-0.4, -0.2) is 47.6 Å². The smallest absolute Gasteiger partial charge is 0.347 e. The molecule has 1 aromatic rings.